The van der Waals surface area contributed by atoms with Crippen LogP contribution in [0.5, 0.6) is 0 Å². The third-order valence-corrected chi connectivity index (χ3v) is 2.82. The average Bonchev–Trinajstić information content (AvgIpc) is 2.23. The van der Waals surface area contributed by atoms with E-state index in [0.717, 1.165) is 23.9 Å². The number of hydrogen-bond donors (Lipinski definition) is 1. The second kappa shape index (κ2) is 7.20. The van der Waals surface area contributed by atoms with E-state index in [0.29, 0.717) is 18.0 Å². The predicted molar refractivity (Wildman–Crippen MR) is 65.8 cm³/mol. The van der Waals surface area contributed by atoms with Gasteiger partial charge in [-0.3, -0.25) is 0 Å². The molecule has 0 aliphatic rings. The molecule has 0 saturated heterocycles. The average molecular weight is 295 g/mol. The molecular weight excluding hydrogens is 280 g/mol. The fourth-order valence-corrected chi connectivity index (χ4v) is 1.84. The standard InChI is InChI=1S/C11H14BrClFN/c12-10-3-4-11(14)9(7-10)8-15-6-2-1-5-13/h3-4,7,15H,1-2,5-6,8H2. The minimum absolute atomic E-state index is 0.164. The smallest absolute Gasteiger partial charge is 0.127 e. The maximum Gasteiger partial charge on any atom is 0.127 e. The molecule has 0 aliphatic heterocycles. The summed E-state index contributed by atoms with van der Waals surface area (Å²) in [6.45, 7) is 1.44. The zero-order valence-electron chi connectivity index (χ0n) is 8.40. The third kappa shape index (κ3) is 4.96. The maximum absolute atomic E-state index is 13.3. The molecule has 1 rings (SSSR count). The highest BCUT2D eigenvalue weighted by molar-refractivity contribution is 9.10. The Kier molecular flexibility index (Phi) is 6.22. The van der Waals surface area contributed by atoms with Crippen LogP contribution in [0.25, 0.3) is 0 Å². The summed E-state index contributed by atoms with van der Waals surface area (Å²) in [5.74, 6) is 0.524. The monoisotopic (exact) mass is 293 g/mol. The van der Waals surface area contributed by atoms with E-state index in [1.165, 1.54) is 6.07 Å². The lowest BCUT2D eigenvalue weighted by atomic mass is 10.2. The predicted octanol–water partition coefficient (Wildman–Crippen LogP) is 3.70. The number of halogens is 3. The molecule has 0 amide bonds. The first-order chi connectivity index (χ1) is 7.24. The highest BCUT2D eigenvalue weighted by Gasteiger charge is 2.01. The molecule has 1 aromatic rings. The molecule has 1 aromatic carbocycles. The lowest BCUT2D eigenvalue weighted by molar-refractivity contribution is 0.580. The SMILES string of the molecule is Fc1ccc(Br)cc1CNCCCCCl. The summed E-state index contributed by atoms with van der Waals surface area (Å²) in [5, 5.41) is 3.19. The Hall–Kier alpha value is -0.120. The normalized spacial score (nSPS) is 10.6. The van der Waals surface area contributed by atoms with Gasteiger partial charge < -0.3 is 5.32 Å². The molecular formula is C11H14BrClFN. The van der Waals surface area contributed by atoms with Crippen LogP contribution in [0.15, 0.2) is 22.7 Å². The lowest BCUT2D eigenvalue weighted by Gasteiger charge is -2.05. The highest BCUT2D eigenvalue weighted by Crippen LogP contribution is 2.15. The summed E-state index contributed by atoms with van der Waals surface area (Å²) in [6, 6.07) is 4.97. The molecule has 0 aliphatic carbocycles. The van der Waals surface area contributed by atoms with E-state index in [4.69, 9.17) is 11.6 Å². The topological polar surface area (TPSA) is 12.0 Å². The van der Waals surface area contributed by atoms with Gasteiger partial charge in [0.2, 0.25) is 0 Å². The van der Waals surface area contributed by atoms with Crippen molar-refractivity contribution >= 4 is 27.5 Å². The fraction of sp³-hybridized carbons (Fsp3) is 0.455. The summed E-state index contributed by atoms with van der Waals surface area (Å²) in [4.78, 5) is 0. The van der Waals surface area contributed by atoms with Crippen molar-refractivity contribution in [3.63, 3.8) is 0 Å². The van der Waals surface area contributed by atoms with E-state index in [2.05, 4.69) is 21.2 Å². The zero-order chi connectivity index (χ0) is 11.1. The first-order valence-electron chi connectivity index (χ1n) is 4.94. The fourth-order valence-electron chi connectivity index (χ4n) is 1.25. The molecule has 4 heteroatoms. The Labute approximate surface area is 103 Å². The Bertz CT molecular complexity index is 307. The van der Waals surface area contributed by atoms with E-state index in [-0.39, 0.29) is 5.82 Å². The van der Waals surface area contributed by atoms with Gasteiger partial charge in [0.15, 0.2) is 0 Å². The molecule has 15 heavy (non-hydrogen) atoms. The van der Waals surface area contributed by atoms with Crippen molar-refractivity contribution in [1.82, 2.24) is 5.32 Å². The molecule has 0 unspecified atom stereocenters. The van der Waals surface area contributed by atoms with Crippen molar-refractivity contribution in [3.8, 4) is 0 Å². The number of benzene rings is 1. The Morgan fingerprint density at radius 2 is 2.13 bits per heavy atom. The molecule has 1 nitrogen and oxygen atoms in total. The summed E-state index contributed by atoms with van der Waals surface area (Å²) in [7, 11) is 0. The summed E-state index contributed by atoms with van der Waals surface area (Å²) in [6.07, 6.45) is 2.02. The van der Waals surface area contributed by atoms with E-state index >= 15 is 0 Å². The largest absolute Gasteiger partial charge is 0.313 e. The summed E-state index contributed by atoms with van der Waals surface area (Å²) in [5.41, 5.74) is 0.690. The number of alkyl halides is 1. The van der Waals surface area contributed by atoms with E-state index in [1.807, 2.05) is 0 Å². The lowest BCUT2D eigenvalue weighted by Crippen LogP contribution is -2.15. The van der Waals surface area contributed by atoms with E-state index in [1.54, 1.807) is 12.1 Å². The minimum atomic E-state index is -0.164. The van der Waals surface area contributed by atoms with Crippen molar-refractivity contribution in [3.05, 3.63) is 34.1 Å². The van der Waals surface area contributed by atoms with Gasteiger partial charge in [-0.1, -0.05) is 15.9 Å². The summed E-state index contributed by atoms with van der Waals surface area (Å²) >= 11 is 8.87. The molecule has 0 bridgehead atoms. The minimum Gasteiger partial charge on any atom is -0.313 e. The Balaban J connectivity index is 2.33. The van der Waals surface area contributed by atoms with Crippen LogP contribution in [0, 0.1) is 5.82 Å². The van der Waals surface area contributed by atoms with E-state index in [9.17, 15) is 4.39 Å². The van der Waals surface area contributed by atoms with Crippen LogP contribution in [0.4, 0.5) is 4.39 Å². The molecule has 0 saturated carbocycles. The second-order valence-corrected chi connectivity index (χ2v) is 4.60. The van der Waals surface area contributed by atoms with Gasteiger partial charge in [0, 0.05) is 22.5 Å². The van der Waals surface area contributed by atoms with Crippen LogP contribution in [-0.4, -0.2) is 12.4 Å². The number of rotatable bonds is 6. The summed E-state index contributed by atoms with van der Waals surface area (Å²) < 4.78 is 14.2. The van der Waals surface area contributed by atoms with Crippen LogP contribution in [0.2, 0.25) is 0 Å². The Morgan fingerprint density at radius 1 is 1.33 bits per heavy atom. The number of hydrogen-bond acceptors (Lipinski definition) is 1. The maximum atomic E-state index is 13.3. The van der Waals surface area contributed by atoms with Crippen molar-refractivity contribution in [1.29, 1.82) is 0 Å². The number of unbranched alkanes of at least 4 members (excludes halogenated alkanes) is 1. The van der Waals surface area contributed by atoms with Crippen LogP contribution in [0.1, 0.15) is 18.4 Å². The first kappa shape index (κ1) is 12.9. The van der Waals surface area contributed by atoms with Crippen molar-refractivity contribution < 1.29 is 4.39 Å². The molecule has 0 heterocycles. The van der Waals surface area contributed by atoms with Gasteiger partial charge in [-0.15, -0.1) is 11.6 Å². The van der Waals surface area contributed by atoms with Gasteiger partial charge >= 0.3 is 0 Å². The number of nitrogens with one attached hydrogen (secondary N) is 1. The molecule has 0 fully saturated rings. The molecule has 0 radical (unpaired) electrons. The first-order valence-corrected chi connectivity index (χ1v) is 6.27. The van der Waals surface area contributed by atoms with Crippen molar-refractivity contribution in [2.24, 2.45) is 0 Å². The van der Waals surface area contributed by atoms with Crippen LogP contribution >= 0.6 is 27.5 Å². The molecule has 0 atom stereocenters. The third-order valence-electron chi connectivity index (χ3n) is 2.06. The van der Waals surface area contributed by atoms with Crippen molar-refractivity contribution in [2.45, 2.75) is 19.4 Å². The van der Waals surface area contributed by atoms with Crippen LogP contribution in [0.3, 0.4) is 0 Å². The van der Waals surface area contributed by atoms with Crippen LogP contribution < -0.4 is 5.32 Å². The van der Waals surface area contributed by atoms with Crippen molar-refractivity contribution in [2.75, 3.05) is 12.4 Å². The zero-order valence-corrected chi connectivity index (χ0v) is 10.7. The molecule has 0 spiro atoms. The quantitative estimate of drug-likeness (QED) is 0.623. The van der Waals surface area contributed by atoms with Gasteiger partial charge in [-0.05, 0) is 37.6 Å². The molecule has 0 aromatic heterocycles. The highest BCUT2D eigenvalue weighted by atomic mass is 79.9. The molecule has 1 N–H and O–H groups in total. The van der Waals surface area contributed by atoms with Gasteiger partial charge in [0.25, 0.3) is 0 Å². The van der Waals surface area contributed by atoms with E-state index < -0.39 is 0 Å². The van der Waals surface area contributed by atoms with Gasteiger partial charge in [0.1, 0.15) is 5.82 Å². The van der Waals surface area contributed by atoms with Crippen LogP contribution in [-0.2, 0) is 6.54 Å². The van der Waals surface area contributed by atoms with Gasteiger partial charge in [0.05, 0.1) is 0 Å². The van der Waals surface area contributed by atoms with Gasteiger partial charge in [-0.2, -0.15) is 0 Å². The van der Waals surface area contributed by atoms with Gasteiger partial charge in [-0.25, -0.2) is 4.39 Å². The Morgan fingerprint density at radius 3 is 2.87 bits per heavy atom. The second-order valence-electron chi connectivity index (χ2n) is 3.31. The molecule has 84 valence electrons.